The normalized spacial score (nSPS) is 15.5. The average Bonchev–Trinajstić information content (AvgIpc) is 2.78. The number of sulfonamides is 1. The molecular formula is C21H23Cl2NO6S. The van der Waals surface area contributed by atoms with Crippen molar-refractivity contribution >= 4 is 39.2 Å². The van der Waals surface area contributed by atoms with Crippen LogP contribution >= 0.6 is 23.2 Å². The van der Waals surface area contributed by atoms with Crippen molar-refractivity contribution < 1.29 is 27.4 Å². The fraction of sp³-hybridized carbons (Fsp3) is 0.381. The predicted molar refractivity (Wildman–Crippen MR) is 117 cm³/mol. The van der Waals surface area contributed by atoms with Crippen LogP contribution in [0.25, 0.3) is 0 Å². The van der Waals surface area contributed by atoms with Crippen LogP contribution in [0.5, 0.6) is 11.5 Å². The molecule has 1 fully saturated rings. The fourth-order valence-electron chi connectivity index (χ4n) is 3.25. The summed E-state index contributed by atoms with van der Waals surface area (Å²) in [6.45, 7) is 0.657. The number of hydrogen-bond acceptors (Lipinski definition) is 6. The number of nitrogens with zero attached hydrogens (tertiary/aromatic N) is 1. The summed E-state index contributed by atoms with van der Waals surface area (Å²) in [7, 11) is -2.10. The van der Waals surface area contributed by atoms with Crippen LogP contribution in [0.2, 0.25) is 10.0 Å². The molecule has 1 aliphatic rings. The van der Waals surface area contributed by atoms with Crippen molar-refractivity contribution in [2.45, 2.75) is 17.7 Å². The van der Waals surface area contributed by atoms with Gasteiger partial charge >= 0.3 is 5.97 Å². The first-order chi connectivity index (χ1) is 14.8. The van der Waals surface area contributed by atoms with E-state index in [0.717, 1.165) is 0 Å². The van der Waals surface area contributed by atoms with E-state index in [1.165, 1.54) is 23.5 Å². The van der Waals surface area contributed by atoms with Gasteiger partial charge in [-0.2, -0.15) is 4.31 Å². The molecule has 0 unspecified atom stereocenters. The lowest BCUT2D eigenvalue weighted by atomic mass is 9.98. The van der Waals surface area contributed by atoms with E-state index >= 15 is 0 Å². The zero-order valence-corrected chi connectivity index (χ0v) is 19.3. The third-order valence-electron chi connectivity index (χ3n) is 4.98. The molecule has 0 spiro atoms. The molecule has 1 aliphatic heterocycles. The number of piperidine rings is 1. The quantitative estimate of drug-likeness (QED) is 0.413. The van der Waals surface area contributed by atoms with Gasteiger partial charge in [-0.15, -0.1) is 0 Å². The van der Waals surface area contributed by atoms with Crippen LogP contribution in [-0.4, -0.2) is 52.1 Å². The van der Waals surface area contributed by atoms with E-state index in [4.69, 9.17) is 37.4 Å². The molecule has 0 aromatic heterocycles. The molecule has 0 saturated carbocycles. The number of ether oxygens (including phenoxy) is 3. The lowest BCUT2D eigenvalue weighted by molar-refractivity contribution is -0.150. The van der Waals surface area contributed by atoms with Gasteiger partial charge in [0.15, 0.2) is 5.75 Å². The zero-order valence-electron chi connectivity index (χ0n) is 16.9. The van der Waals surface area contributed by atoms with E-state index in [0.29, 0.717) is 34.4 Å². The van der Waals surface area contributed by atoms with Gasteiger partial charge in [0.05, 0.1) is 28.0 Å². The van der Waals surface area contributed by atoms with Gasteiger partial charge in [-0.05, 0) is 49.2 Å². The maximum atomic E-state index is 12.8. The number of para-hydroxylation sites is 1. The summed E-state index contributed by atoms with van der Waals surface area (Å²) in [4.78, 5) is 12.5. The first-order valence-electron chi connectivity index (χ1n) is 9.70. The van der Waals surface area contributed by atoms with Crippen LogP contribution in [0.1, 0.15) is 12.8 Å². The predicted octanol–water partition coefficient (Wildman–Crippen LogP) is 4.02. The average molecular weight is 488 g/mol. The Kier molecular flexibility index (Phi) is 8.05. The number of esters is 1. The standard InChI is InChI=1S/C21H23Cl2NO6S/c1-28-16-5-7-17(8-6-16)31(26,27)24-11-9-15(10-12-24)21(25)30-14-13-29-20-18(22)3-2-4-19(20)23/h2-8,15H,9-14H2,1H3. The summed E-state index contributed by atoms with van der Waals surface area (Å²) in [6.07, 6.45) is 0.789. The van der Waals surface area contributed by atoms with Crippen LogP contribution in [0.4, 0.5) is 0 Å². The van der Waals surface area contributed by atoms with E-state index in [2.05, 4.69) is 0 Å². The molecule has 1 heterocycles. The Balaban J connectivity index is 1.46. The maximum Gasteiger partial charge on any atom is 0.309 e. The van der Waals surface area contributed by atoms with Gasteiger partial charge < -0.3 is 14.2 Å². The van der Waals surface area contributed by atoms with E-state index < -0.39 is 10.0 Å². The first-order valence-corrected chi connectivity index (χ1v) is 11.9. The second kappa shape index (κ2) is 10.5. The van der Waals surface area contributed by atoms with Crippen LogP contribution in [0.3, 0.4) is 0 Å². The Labute approximate surface area is 191 Å². The SMILES string of the molecule is COc1ccc(S(=O)(=O)N2CCC(C(=O)OCCOc3c(Cl)cccc3Cl)CC2)cc1. The van der Waals surface area contributed by atoms with Gasteiger partial charge in [-0.1, -0.05) is 29.3 Å². The molecule has 0 radical (unpaired) electrons. The number of hydrogen-bond donors (Lipinski definition) is 0. The van der Waals surface area contributed by atoms with Gasteiger partial charge in [0.1, 0.15) is 19.0 Å². The molecule has 0 bridgehead atoms. The summed E-state index contributed by atoms with van der Waals surface area (Å²) in [5.41, 5.74) is 0. The fourth-order valence-corrected chi connectivity index (χ4v) is 5.23. The Bertz CT molecular complexity index is 985. The minimum absolute atomic E-state index is 0.0464. The van der Waals surface area contributed by atoms with Gasteiger partial charge in [0, 0.05) is 13.1 Å². The topological polar surface area (TPSA) is 82.1 Å². The molecule has 2 aromatic carbocycles. The van der Waals surface area contributed by atoms with E-state index in [9.17, 15) is 13.2 Å². The summed E-state index contributed by atoms with van der Waals surface area (Å²) in [6, 6.07) is 11.3. The van der Waals surface area contributed by atoms with Crippen LogP contribution in [0.15, 0.2) is 47.4 Å². The summed E-state index contributed by atoms with van der Waals surface area (Å²) >= 11 is 12.1. The van der Waals surface area contributed by atoms with Gasteiger partial charge in [0.2, 0.25) is 10.0 Å². The molecular weight excluding hydrogens is 465 g/mol. The van der Waals surface area contributed by atoms with E-state index in [1.807, 2.05) is 0 Å². The molecule has 2 aromatic rings. The Morgan fingerprint density at radius 2 is 1.65 bits per heavy atom. The van der Waals surface area contributed by atoms with Crippen molar-refractivity contribution in [3.05, 3.63) is 52.5 Å². The van der Waals surface area contributed by atoms with Crippen molar-refractivity contribution in [3.8, 4) is 11.5 Å². The number of methoxy groups -OCH3 is 1. The zero-order chi connectivity index (χ0) is 22.4. The van der Waals surface area contributed by atoms with Crippen molar-refractivity contribution in [1.29, 1.82) is 0 Å². The molecule has 168 valence electrons. The minimum Gasteiger partial charge on any atom is -0.497 e. The highest BCUT2D eigenvalue weighted by Crippen LogP contribution is 2.32. The van der Waals surface area contributed by atoms with Crippen molar-refractivity contribution in [3.63, 3.8) is 0 Å². The number of carbonyl (C=O) groups excluding carboxylic acids is 1. The van der Waals surface area contributed by atoms with Crippen molar-refractivity contribution in [2.75, 3.05) is 33.4 Å². The highest BCUT2D eigenvalue weighted by atomic mass is 35.5. The molecule has 0 N–H and O–H groups in total. The lowest BCUT2D eigenvalue weighted by Gasteiger charge is -2.30. The van der Waals surface area contributed by atoms with E-state index in [-0.39, 0.29) is 43.1 Å². The molecule has 1 saturated heterocycles. The Morgan fingerprint density at radius 1 is 1.03 bits per heavy atom. The molecule has 0 amide bonds. The van der Waals surface area contributed by atoms with Crippen molar-refractivity contribution in [2.24, 2.45) is 5.92 Å². The third kappa shape index (κ3) is 5.83. The summed E-state index contributed by atoms with van der Waals surface area (Å²) in [5.74, 6) is 0.210. The molecule has 7 nitrogen and oxygen atoms in total. The van der Waals surface area contributed by atoms with Gasteiger partial charge in [0.25, 0.3) is 0 Å². The smallest absolute Gasteiger partial charge is 0.309 e. The second-order valence-corrected chi connectivity index (χ2v) is 9.67. The second-order valence-electron chi connectivity index (χ2n) is 6.92. The highest BCUT2D eigenvalue weighted by Gasteiger charge is 2.32. The molecule has 0 atom stereocenters. The minimum atomic E-state index is -3.62. The molecule has 10 heteroatoms. The molecule has 31 heavy (non-hydrogen) atoms. The maximum absolute atomic E-state index is 12.8. The Hall–Kier alpha value is -2.00. The number of carbonyl (C=O) groups is 1. The summed E-state index contributed by atoms with van der Waals surface area (Å²) in [5, 5.41) is 0.758. The van der Waals surface area contributed by atoms with E-state index in [1.54, 1.807) is 30.3 Å². The largest absolute Gasteiger partial charge is 0.497 e. The van der Waals surface area contributed by atoms with Gasteiger partial charge in [-0.25, -0.2) is 8.42 Å². The lowest BCUT2D eigenvalue weighted by Crippen LogP contribution is -2.40. The summed E-state index contributed by atoms with van der Waals surface area (Å²) < 4.78 is 42.8. The third-order valence-corrected chi connectivity index (χ3v) is 7.49. The highest BCUT2D eigenvalue weighted by molar-refractivity contribution is 7.89. The first kappa shape index (κ1) is 23.7. The Morgan fingerprint density at radius 3 is 2.23 bits per heavy atom. The monoisotopic (exact) mass is 487 g/mol. The number of halogens is 2. The van der Waals surface area contributed by atoms with Crippen LogP contribution in [0, 0.1) is 5.92 Å². The van der Waals surface area contributed by atoms with Crippen LogP contribution < -0.4 is 9.47 Å². The number of benzene rings is 2. The van der Waals surface area contributed by atoms with Crippen molar-refractivity contribution in [1.82, 2.24) is 4.31 Å². The van der Waals surface area contributed by atoms with Crippen LogP contribution in [-0.2, 0) is 19.6 Å². The van der Waals surface area contributed by atoms with Gasteiger partial charge in [-0.3, -0.25) is 4.79 Å². The molecule has 3 rings (SSSR count). The molecule has 0 aliphatic carbocycles. The number of rotatable bonds is 8.